The molecule has 0 aliphatic rings. The summed E-state index contributed by atoms with van der Waals surface area (Å²) in [4.78, 5) is 20.4. The summed E-state index contributed by atoms with van der Waals surface area (Å²) in [5.74, 6) is -1.06. The number of benzene rings is 1. The van der Waals surface area contributed by atoms with Crippen LogP contribution in [0, 0.1) is 17.0 Å². The number of aliphatic carboxylic acids is 1. The fourth-order valence-corrected chi connectivity index (χ4v) is 1.20. The zero-order valence-electron chi connectivity index (χ0n) is 8.06. The van der Waals surface area contributed by atoms with Crippen LogP contribution in [0.2, 0.25) is 0 Å². The molecular formula is C9H10N2O4. The van der Waals surface area contributed by atoms with Gasteiger partial charge in [-0.15, -0.1) is 0 Å². The van der Waals surface area contributed by atoms with Gasteiger partial charge in [0.15, 0.2) is 0 Å². The van der Waals surface area contributed by atoms with Gasteiger partial charge in [-0.1, -0.05) is 12.1 Å². The molecular weight excluding hydrogens is 200 g/mol. The summed E-state index contributed by atoms with van der Waals surface area (Å²) in [6, 6.07) is 4.56. The van der Waals surface area contributed by atoms with E-state index in [1.165, 1.54) is 6.07 Å². The lowest BCUT2D eigenvalue weighted by Gasteiger charge is -2.07. The Morgan fingerprint density at radius 2 is 2.27 bits per heavy atom. The summed E-state index contributed by atoms with van der Waals surface area (Å²) in [5.41, 5.74) is 0.784. The number of nitrogens with one attached hydrogen (secondary N) is 1. The van der Waals surface area contributed by atoms with Crippen LogP contribution in [0.25, 0.3) is 0 Å². The summed E-state index contributed by atoms with van der Waals surface area (Å²) in [6.07, 6.45) is 0. The van der Waals surface area contributed by atoms with Crippen LogP contribution in [0.15, 0.2) is 18.2 Å². The van der Waals surface area contributed by atoms with E-state index in [2.05, 4.69) is 5.32 Å². The number of para-hydroxylation sites is 1. The number of hydrogen-bond donors (Lipinski definition) is 2. The molecule has 15 heavy (non-hydrogen) atoms. The third kappa shape index (κ3) is 2.67. The molecule has 0 radical (unpaired) electrons. The Bertz CT molecular complexity index is 403. The zero-order chi connectivity index (χ0) is 11.4. The molecule has 0 atom stereocenters. The molecule has 0 unspecified atom stereocenters. The first-order valence-corrected chi connectivity index (χ1v) is 4.22. The number of nitro groups is 1. The lowest BCUT2D eigenvalue weighted by Crippen LogP contribution is -2.14. The van der Waals surface area contributed by atoms with Gasteiger partial charge in [-0.05, 0) is 12.5 Å². The molecule has 1 rings (SSSR count). The molecule has 1 aromatic rings. The van der Waals surface area contributed by atoms with Crippen LogP contribution in [0.4, 0.5) is 11.4 Å². The van der Waals surface area contributed by atoms with Crippen molar-refractivity contribution in [3.63, 3.8) is 0 Å². The monoisotopic (exact) mass is 210 g/mol. The van der Waals surface area contributed by atoms with Crippen LogP contribution in [-0.4, -0.2) is 22.5 Å². The molecule has 2 N–H and O–H groups in total. The number of aryl methyl sites for hydroxylation is 1. The van der Waals surface area contributed by atoms with E-state index in [9.17, 15) is 14.9 Å². The van der Waals surface area contributed by atoms with Gasteiger partial charge < -0.3 is 10.4 Å². The molecule has 0 saturated heterocycles. The zero-order valence-corrected chi connectivity index (χ0v) is 8.06. The highest BCUT2D eigenvalue weighted by Crippen LogP contribution is 2.27. The number of nitrogens with zero attached hydrogens (tertiary/aromatic N) is 1. The molecule has 0 fully saturated rings. The lowest BCUT2D eigenvalue weighted by atomic mass is 10.1. The van der Waals surface area contributed by atoms with E-state index in [1.807, 2.05) is 0 Å². The van der Waals surface area contributed by atoms with Crippen molar-refractivity contribution >= 4 is 17.3 Å². The average molecular weight is 210 g/mol. The number of carboxylic acids is 1. The highest BCUT2D eigenvalue weighted by Gasteiger charge is 2.15. The van der Waals surface area contributed by atoms with Crippen molar-refractivity contribution < 1.29 is 14.8 Å². The van der Waals surface area contributed by atoms with Crippen LogP contribution in [-0.2, 0) is 4.79 Å². The number of nitro benzene ring substituents is 1. The number of rotatable bonds is 4. The van der Waals surface area contributed by atoms with E-state index in [4.69, 9.17) is 5.11 Å². The first-order valence-electron chi connectivity index (χ1n) is 4.22. The lowest BCUT2D eigenvalue weighted by molar-refractivity contribution is -0.384. The number of hydrogen-bond acceptors (Lipinski definition) is 4. The highest BCUT2D eigenvalue weighted by atomic mass is 16.6. The maximum absolute atomic E-state index is 10.6. The van der Waals surface area contributed by atoms with Gasteiger partial charge in [0.05, 0.1) is 4.92 Å². The summed E-state index contributed by atoms with van der Waals surface area (Å²) in [5, 5.41) is 21.6. The van der Waals surface area contributed by atoms with Gasteiger partial charge in [0.2, 0.25) is 0 Å². The second-order valence-corrected chi connectivity index (χ2v) is 2.97. The van der Waals surface area contributed by atoms with Crippen LogP contribution >= 0.6 is 0 Å². The van der Waals surface area contributed by atoms with E-state index in [-0.39, 0.29) is 17.9 Å². The van der Waals surface area contributed by atoms with Crippen molar-refractivity contribution in [1.82, 2.24) is 0 Å². The predicted octanol–water partition coefficient (Wildman–Crippen LogP) is 1.40. The Balaban J connectivity index is 3.02. The highest BCUT2D eigenvalue weighted by molar-refractivity contribution is 5.76. The molecule has 0 bridgehead atoms. The number of carbonyl (C=O) groups is 1. The summed E-state index contributed by atoms with van der Waals surface area (Å²) in [7, 11) is 0. The van der Waals surface area contributed by atoms with Crippen molar-refractivity contribution in [3.8, 4) is 0 Å². The standard InChI is InChI=1S/C9H10N2O4/c1-6-3-2-4-7(11(14)15)9(6)10-5-8(12)13/h2-4,10H,5H2,1H3,(H,12,13). The minimum absolute atomic E-state index is 0.115. The SMILES string of the molecule is Cc1cccc([N+](=O)[O-])c1NCC(=O)O. The second kappa shape index (κ2) is 4.41. The smallest absolute Gasteiger partial charge is 0.322 e. The average Bonchev–Trinajstić information content (AvgIpc) is 2.15. The van der Waals surface area contributed by atoms with Gasteiger partial charge in [-0.3, -0.25) is 14.9 Å². The number of carboxylic acid groups (broad SMARTS) is 1. The normalized spacial score (nSPS) is 9.67. The molecule has 1 aromatic carbocycles. The van der Waals surface area contributed by atoms with Gasteiger partial charge >= 0.3 is 5.97 Å². The Morgan fingerprint density at radius 3 is 2.80 bits per heavy atom. The Labute approximate surface area is 85.7 Å². The Hall–Kier alpha value is -2.11. The largest absolute Gasteiger partial charge is 0.480 e. The molecule has 0 amide bonds. The van der Waals surface area contributed by atoms with E-state index >= 15 is 0 Å². The van der Waals surface area contributed by atoms with E-state index < -0.39 is 10.9 Å². The molecule has 0 saturated carbocycles. The summed E-state index contributed by atoms with van der Waals surface area (Å²) in [6.45, 7) is 1.34. The molecule has 6 nitrogen and oxygen atoms in total. The van der Waals surface area contributed by atoms with E-state index in [0.717, 1.165) is 0 Å². The minimum atomic E-state index is -1.06. The molecule has 0 aliphatic carbocycles. The third-order valence-electron chi connectivity index (χ3n) is 1.86. The van der Waals surface area contributed by atoms with Gasteiger partial charge in [0.25, 0.3) is 5.69 Å². The first kappa shape index (κ1) is 11.0. The molecule has 0 aliphatic heterocycles. The Kier molecular flexibility index (Phi) is 3.22. The second-order valence-electron chi connectivity index (χ2n) is 2.97. The van der Waals surface area contributed by atoms with Crippen LogP contribution < -0.4 is 5.32 Å². The molecule has 0 heterocycles. The first-order chi connectivity index (χ1) is 7.02. The number of anilines is 1. The molecule has 0 aromatic heterocycles. The van der Waals surface area contributed by atoms with Gasteiger partial charge in [-0.2, -0.15) is 0 Å². The van der Waals surface area contributed by atoms with Crippen LogP contribution in [0.3, 0.4) is 0 Å². The van der Waals surface area contributed by atoms with E-state index in [1.54, 1.807) is 19.1 Å². The molecule has 0 spiro atoms. The fourth-order valence-electron chi connectivity index (χ4n) is 1.20. The topological polar surface area (TPSA) is 92.5 Å². The van der Waals surface area contributed by atoms with Crippen molar-refractivity contribution in [2.45, 2.75) is 6.92 Å². The van der Waals surface area contributed by atoms with Gasteiger partial charge in [0.1, 0.15) is 12.2 Å². The van der Waals surface area contributed by atoms with Crippen molar-refractivity contribution in [2.75, 3.05) is 11.9 Å². The quantitative estimate of drug-likeness (QED) is 0.578. The van der Waals surface area contributed by atoms with Crippen molar-refractivity contribution in [2.24, 2.45) is 0 Å². The van der Waals surface area contributed by atoms with Crippen LogP contribution in [0.1, 0.15) is 5.56 Å². The summed E-state index contributed by atoms with van der Waals surface area (Å²) >= 11 is 0. The predicted molar refractivity (Wildman–Crippen MR) is 54.0 cm³/mol. The third-order valence-corrected chi connectivity index (χ3v) is 1.86. The van der Waals surface area contributed by atoms with E-state index in [0.29, 0.717) is 5.56 Å². The van der Waals surface area contributed by atoms with Crippen molar-refractivity contribution in [3.05, 3.63) is 33.9 Å². The maximum Gasteiger partial charge on any atom is 0.322 e. The van der Waals surface area contributed by atoms with Gasteiger partial charge in [0, 0.05) is 6.07 Å². The molecule has 6 heteroatoms. The Morgan fingerprint density at radius 1 is 1.60 bits per heavy atom. The van der Waals surface area contributed by atoms with Crippen LogP contribution in [0.5, 0.6) is 0 Å². The minimum Gasteiger partial charge on any atom is -0.480 e. The molecule has 80 valence electrons. The summed E-state index contributed by atoms with van der Waals surface area (Å²) < 4.78 is 0. The maximum atomic E-state index is 10.6. The van der Waals surface area contributed by atoms with Gasteiger partial charge in [-0.25, -0.2) is 0 Å². The van der Waals surface area contributed by atoms with Crippen molar-refractivity contribution in [1.29, 1.82) is 0 Å². The fraction of sp³-hybridized carbons (Fsp3) is 0.222.